The van der Waals surface area contributed by atoms with Crippen LogP contribution in [0, 0.1) is 5.92 Å². The quantitative estimate of drug-likeness (QED) is 0.573. The minimum atomic E-state index is -0.570. The Hall–Kier alpha value is -3.10. The number of benzene rings is 1. The highest BCUT2D eigenvalue weighted by Gasteiger charge is 2.37. The molecular weight excluding hydrogens is 444 g/mol. The van der Waals surface area contributed by atoms with E-state index in [4.69, 9.17) is 16.3 Å². The average Bonchev–Trinajstić information content (AvgIpc) is 3.16. The van der Waals surface area contributed by atoms with E-state index in [-0.39, 0.29) is 23.1 Å². The van der Waals surface area contributed by atoms with Crippen LogP contribution in [0.4, 0.5) is 5.69 Å². The van der Waals surface area contributed by atoms with Gasteiger partial charge in [0, 0.05) is 53.2 Å². The first kappa shape index (κ1) is 21.7. The molecule has 0 spiro atoms. The molecule has 1 saturated heterocycles. The fourth-order valence-corrected chi connectivity index (χ4v) is 5.36. The third-order valence-electron chi connectivity index (χ3n) is 6.83. The van der Waals surface area contributed by atoms with E-state index < -0.39 is 12.0 Å². The van der Waals surface area contributed by atoms with Gasteiger partial charge in [-0.25, -0.2) is 4.79 Å². The highest BCUT2D eigenvalue weighted by Crippen LogP contribution is 2.36. The van der Waals surface area contributed by atoms with E-state index >= 15 is 0 Å². The Morgan fingerprint density at radius 2 is 2.03 bits per heavy atom. The van der Waals surface area contributed by atoms with Crippen molar-refractivity contribution in [3.05, 3.63) is 63.2 Å². The zero-order chi connectivity index (χ0) is 23.3. The molecule has 0 unspecified atom stereocenters. The number of hydrogen-bond acceptors (Lipinski definition) is 5. The van der Waals surface area contributed by atoms with Gasteiger partial charge in [-0.2, -0.15) is 0 Å². The summed E-state index contributed by atoms with van der Waals surface area (Å²) in [4.78, 5) is 43.1. The second-order valence-electron chi connectivity index (χ2n) is 8.87. The van der Waals surface area contributed by atoms with Crippen molar-refractivity contribution in [2.45, 2.75) is 31.8 Å². The Bertz CT molecular complexity index is 1310. The molecule has 2 aromatic heterocycles. The van der Waals surface area contributed by atoms with Crippen LogP contribution >= 0.6 is 11.6 Å². The van der Waals surface area contributed by atoms with Crippen LogP contribution in [0.25, 0.3) is 10.9 Å². The summed E-state index contributed by atoms with van der Waals surface area (Å²) >= 11 is 6.17. The molecule has 2 aliphatic rings. The van der Waals surface area contributed by atoms with E-state index in [1.807, 2.05) is 17.6 Å². The number of anilines is 1. The Kier molecular flexibility index (Phi) is 5.50. The molecule has 0 saturated carbocycles. The van der Waals surface area contributed by atoms with E-state index in [0.717, 1.165) is 18.7 Å². The number of pyridine rings is 1. The predicted molar refractivity (Wildman–Crippen MR) is 126 cm³/mol. The monoisotopic (exact) mass is 468 g/mol. The van der Waals surface area contributed by atoms with Crippen LogP contribution in [0.2, 0.25) is 5.02 Å². The predicted octanol–water partition coefficient (Wildman–Crippen LogP) is 3.22. The Morgan fingerprint density at radius 3 is 2.82 bits per heavy atom. The molecule has 8 nitrogen and oxygen atoms in total. The molecule has 2 bridgehead atoms. The highest BCUT2D eigenvalue weighted by atomic mass is 35.5. The smallest absolute Gasteiger partial charge is 0.356 e. The summed E-state index contributed by atoms with van der Waals surface area (Å²) in [6, 6.07) is 10.2. The van der Waals surface area contributed by atoms with Crippen molar-refractivity contribution >= 4 is 40.1 Å². The van der Waals surface area contributed by atoms with Crippen LogP contribution in [-0.4, -0.2) is 52.6 Å². The van der Waals surface area contributed by atoms with Crippen molar-refractivity contribution in [2.75, 3.05) is 25.5 Å². The maximum atomic E-state index is 13.3. The summed E-state index contributed by atoms with van der Waals surface area (Å²) < 4.78 is 6.77. The van der Waals surface area contributed by atoms with Crippen molar-refractivity contribution in [2.24, 2.45) is 5.92 Å². The number of halogens is 1. The van der Waals surface area contributed by atoms with Gasteiger partial charge in [-0.1, -0.05) is 17.7 Å². The number of aromatic nitrogens is 2. The highest BCUT2D eigenvalue weighted by molar-refractivity contribution is 6.31. The zero-order valence-electron chi connectivity index (χ0n) is 18.4. The van der Waals surface area contributed by atoms with Crippen LogP contribution in [-0.2, 0) is 16.1 Å². The van der Waals surface area contributed by atoms with Gasteiger partial charge in [-0.05, 0) is 43.5 Å². The Labute approximate surface area is 195 Å². The van der Waals surface area contributed by atoms with E-state index in [1.54, 1.807) is 30.3 Å². The molecule has 5 rings (SSSR count). The largest absolute Gasteiger partial charge is 0.464 e. The van der Waals surface area contributed by atoms with Gasteiger partial charge in [0.2, 0.25) is 5.91 Å². The van der Waals surface area contributed by atoms with Gasteiger partial charge in [0.15, 0.2) is 0 Å². The minimum absolute atomic E-state index is 0.0368. The van der Waals surface area contributed by atoms with Gasteiger partial charge < -0.3 is 19.6 Å². The molecule has 2 aliphatic heterocycles. The number of methoxy groups -OCH3 is 1. The first-order chi connectivity index (χ1) is 15.9. The van der Waals surface area contributed by atoms with Crippen LogP contribution in [0.5, 0.6) is 0 Å². The number of nitrogens with zero attached hydrogens (tertiary/aromatic N) is 2. The van der Waals surface area contributed by atoms with Gasteiger partial charge in [0.05, 0.1) is 18.8 Å². The maximum Gasteiger partial charge on any atom is 0.356 e. The Morgan fingerprint density at radius 1 is 1.21 bits per heavy atom. The van der Waals surface area contributed by atoms with Gasteiger partial charge in [-0.15, -0.1) is 0 Å². The molecule has 33 heavy (non-hydrogen) atoms. The lowest BCUT2D eigenvalue weighted by molar-refractivity contribution is -0.121. The first-order valence-corrected chi connectivity index (χ1v) is 11.4. The van der Waals surface area contributed by atoms with Gasteiger partial charge in [0.25, 0.3) is 5.56 Å². The van der Waals surface area contributed by atoms with E-state index in [9.17, 15) is 14.4 Å². The lowest BCUT2D eigenvalue weighted by Gasteiger charge is -2.44. The summed E-state index contributed by atoms with van der Waals surface area (Å²) in [6.45, 7) is 3.96. The molecule has 3 aromatic rings. The lowest BCUT2D eigenvalue weighted by atomic mass is 9.82. The number of amides is 1. The molecule has 0 aliphatic carbocycles. The Balaban J connectivity index is 1.40. The van der Waals surface area contributed by atoms with E-state index in [0.29, 0.717) is 40.6 Å². The number of carbonyl (C=O) groups is 2. The molecule has 4 heterocycles. The van der Waals surface area contributed by atoms with Gasteiger partial charge >= 0.3 is 5.97 Å². The third kappa shape index (κ3) is 3.83. The molecule has 1 aromatic carbocycles. The second-order valence-corrected chi connectivity index (χ2v) is 9.31. The number of likely N-dealkylation sites (tertiary alicyclic amines) is 1. The standard InChI is InChI=1S/C24H25ClN4O4/c1-13(28-10-14-8-15(12-28)19-4-3-5-20(30)29(19)11-14)23(31)27-21-17-9-16(25)6-7-18(17)26-22(21)24(32)33-2/h3-7,9,13-15,26H,8,10-12H2,1-2H3,(H,27,31)/t13-,14+,15-/m1/s1. The number of fused-ring (bicyclic) bond motifs is 5. The second kappa shape index (κ2) is 8.35. The number of H-pyrrole nitrogens is 1. The molecule has 2 N–H and O–H groups in total. The van der Waals surface area contributed by atoms with Crippen molar-refractivity contribution < 1.29 is 14.3 Å². The topological polar surface area (TPSA) is 96.4 Å². The number of ether oxygens (including phenoxy) is 1. The van der Waals surface area contributed by atoms with Crippen molar-refractivity contribution in [3.63, 3.8) is 0 Å². The number of rotatable bonds is 4. The summed E-state index contributed by atoms with van der Waals surface area (Å²) in [5.41, 5.74) is 2.30. The van der Waals surface area contributed by atoms with Crippen molar-refractivity contribution in [1.29, 1.82) is 0 Å². The summed E-state index contributed by atoms with van der Waals surface area (Å²) in [5.74, 6) is -0.269. The van der Waals surface area contributed by atoms with Gasteiger partial charge in [0.1, 0.15) is 5.69 Å². The van der Waals surface area contributed by atoms with E-state index in [1.165, 1.54) is 7.11 Å². The molecule has 172 valence electrons. The molecule has 0 radical (unpaired) electrons. The number of carbonyl (C=O) groups excluding carboxylic acids is 2. The molecular formula is C24H25ClN4O4. The zero-order valence-corrected chi connectivity index (χ0v) is 19.2. The molecule has 1 fully saturated rings. The van der Waals surface area contributed by atoms with Crippen LogP contribution in [0.1, 0.15) is 35.4 Å². The van der Waals surface area contributed by atoms with Crippen LogP contribution < -0.4 is 10.9 Å². The summed E-state index contributed by atoms with van der Waals surface area (Å²) in [5, 5.41) is 4.09. The normalized spacial score (nSPS) is 20.8. The lowest BCUT2D eigenvalue weighted by Crippen LogP contribution is -2.52. The number of aromatic amines is 1. The molecule has 1 amide bonds. The number of piperidine rings is 1. The van der Waals surface area contributed by atoms with Gasteiger partial charge in [-0.3, -0.25) is 14.5 Å². The summed E-state index contributed by atoms with van der Waals surface area (Å²) in [6.07, 6.45) is 1.02. The number of esters is 1. The molecule has 3 atom stereocenters. The van der Waals surface area contributed by atoms with Crippen LogP contribution in [0.3, 0.4) is 0 Å². The fourth-order valence-electron chi connectivity index (χ4n) is 5.19. The number of nitrogens with one attached hydrogen (secondary N) is 2. The SMILES string of the molecule is COC(=O)c1[nH]c2ccc(Cl)cc2c1NC(=O)[C@@H](C)N1C[C@@H]2C[C@H](C1)c1cccc(=O)n1C2. The molecule has 9 heteroatoms. The van der Waals surface area contributed by atoms with E-state index in [2.05, 4.69) is 15.2 Å². The first-order valence-electron chi connectivity index (χ1n) is 11.0. The number of hydrogen-bond donors (Lipinski definition) is 2. The van der Waals surface area contributed by atoms with Crippen molar-refractivity contribution in [3.8, 4) is 0 Å². The maximum absolute atomic E-state index is 13.3. The average molecular weight is 469 g/mol. The summed E-state index contributed by atoms with van der Waals surface area (Å²) in [7, 11) is 1.30. The fraction of sp³-hybridized carbons (Fsp3) is 0.375. The minimum Gasteiger partial charge on any atom is -0.464 e. The van der Waals surface area contributed by atoms with Crippen molar-refractivity contribution in [1.82, 2.24) is 14.5 Å². The third-order valence-corrected chi connectivity index (χ3v) is 7.07. The van der Waals surface area contributed by atoms with Crippen LogP contribution in [0.15, 0.2) is 41.2 Å².